The highest BCUT2D eigenvalue weighted by molar-refractivity contribution is 8.76. The Kier molecular flexibility index (Phi) is 14.7. The van der Waals surface area contributed by atoms with Crippen LogP contribution < -0.4 is 22.5 Å². The van der Waals surface area contributed by atoms with Crippen LogP contribution in [0.5, 0.6) is 0 Å². The predicted octanol–water partition coefficient (Wildman–Crippen LogP) is -0.221. The van der Waals surface area contributed by atoms with E-state index in [4.69, 9.17) is 34.7 Å². The maximum atomic E-state index is 13.6. The first-order valence-corrected chi connectivity index (χ1v) is 22.1. The molecule has 2 fully saturated rings. The van der Waals surface area contributed by atoms with Gasteiger partial charge in [0, 0.05) is 24.8 Å². The summed E-state index contributed by atoms with van der Waals surface area (Å²) in [6.07, 6.45) is -3.27. The van der Waals surface area contributed by atoms with Crippen LogP contribution in [-0.2, 0) is 46.5 Å². The van der Waals surface area contributed by atoms with Crippen molar-refractivity contribution in [3.8, 4) is 0 Å². The van der Waals surface area contributed by atoms with Crippen molar-refractivity contribution in [3.63, 3.8) is 0 Å². The third-order valence-corrected chi connectivity index (χ3v) is 11.5. The molecule has 0 aliphatic carbocycles. The Morgan fingerprint density at radius 1 is 1.14 bits per heavy atom. The third kappa shape index (κ3) is 11.1. The van der Waals surface area contributed by atoms with Gasteiger partial charge < -0.3 is 50.8 Å². The van der Waals surface area contributed by atoms with Crippen molar-refractivity contribution < 1.29 is 66.3 Å². The molecule has 2 aliphatic heterocycles. The fourth-order valence-electron chi connectivity index (χ4n) is 5.62. The van der Waals surface area contributed by atoms with Crippen LogP contribution in [0.2, 0.25) is 0 Å². The number of esters is 1. The first kappa shape index (κ1) is 43.6. The summed E-state index contributed by atoms with van der Waals surface area (Å²) in [7, 11) is -7.66. The lowest BCUT2D eigenvalue weighted by atomic mass is 10.1. The van der Waals surface area contributed by atoms with Gasteiger partial charge in [-0.05, 0) is 18.7 Å². The van der Waals surface area contributed by atoms with E-state index in [0.717, 1.165) is 10.9 Å². The van der Waals surface area contributed by atoms with E-state index in [-0.39, 0.29) is 41.4 Å². The van der Waals surface area contributed by atoms with Crippen molar-refractivity contribution >= 4 is 71.9 Å². The van der Waals surface area contributed by atoms with E-state index in [0.29, 0.717) is 6.42 Å². The molecule has 0 spiro atoms. The first-order valence-electron chi connectivity index (χ1n) is 16.4. The molecule has 9 N–H and O–H groups in total. The number of rotatable bonds is 19. The van der Waals surface area contributed by atoms with Gasteiger partial charge in [0.25, 0.3) is 0 Å². The van der Waals surface area contributed by atoms with Crippen LogP contribution >= 0.6 is 37.2 Å². The number of nitrogens with one attached hydrogen (secondary N) is 1. The minimum atomic E-state index is -5.19. The Labute approximate surface area is 324 Å². The fourth-order valence-corrected chi connectivity index (χ4v) is 8.23. The molecule has 9 atom stereocenters. The van der Waals surface area contributed by atoms with E-state index in [1.54, 1.807) is 6.26 Å². The zero-order chi connectivity index (χ0) is 40.8. The van der Waals surface area contributed by atoms with E-state index in [2.05, 4.69) is 36.4 Å². The van der Waals surface area contributed by atoms with Crippen molar-refractivity contribution in [2.24, 2.45) is 0 Å². The standard InChI is InChI=1S/C28H39N9O15P2S2/c1-3-4-5-19(38)34-14(11-56-55-2)27(40)51-23-17(50-26(22(23)39)37-13-33-21-24(30)31-12-32-25(21)37)10-48-54(45,46)52-15-8-20(36-7-6-18(29)35-28(36)41)49-16(15)9-47-53(42,43)44/h3,6-7,12-17,20,22-23,26,39H,1,4-5,8-11H2,2H3,(H,34,38)(H,45,46)(H2,29,35,41)(H2,30,31,32)(H2,42,43,44)/t14-,15-,16+,17+,20+,22+,23+,26+/m0/s1. The smallest absolute Gasteiger partial charge is 0.455 e. The van der Waals surface area contributed by atoms with Crippen LogP contribution in [0.1, 0.15) is 31.7 Å². The summed E-state index contributed by atoms with van der Waals surface area (Å²) in [6.45, 7) is 1.88. The number of ether oxygens (including phenoxy) is 3. The number of carbonyl (C=O) groups excluding carboxylic acids is 2. The van der Waals surface area contributed by atoms with Gasteiger partial charge in [-0.1, -0.05) is 27.7 Å². The van der Waals surface area contributed by atoms with E-state index in [1.807, 2.05) is 0 Å². The second-order valence-electron chi connectivity index (χ2n) is 12.0. The van der Waals surface area contributed by atoms with E-state index < -0.39 is 95.4 Å². The number of carbonyl (C=O) groups is 2. The Balaban J connectivity index is 1.36. The Morgan fingerprint density at radius 2 is 1.89 bits per heavy atom. The zero-order valence-electron chi connectivity index (χ0n) is 29.3. The molecule has 1 unspecified atom stereocenters. The summed E-state index contributed by atoms with van der Waals surface area (Å²) >= 11 is 0. The zero-order valence-corrected chi connectivity index (χ0v) is 32.7. The van der Waals surface area contributed by atoms with Crippen molar-refractivity contribution in [1.82, 2.24) is 34.4 Å². The molecular formula is C28H39N9O15P2S2. The lowest BCUT2D eigenvalue weighted by Crippen LogP contribution is -2.47. The van der Waals surface area contributed by atoms with Gasteiger partial charge in [-0.2, -0.15) is 4.98 Å². The van der Waals surface area contributed by atoms with E-state index >= 15 is 0 Å². The summed E-state index contributed by atoms with van der Waals surface area (Å²) in [6, 6.07) is 0.0970. The summed E-state index contributed by atoms with van der Waals surface area (Å²) in [5.74, 6) is -1.43. The minimum absolute atomic E-state index is 0.0176. The Morgan fingerprint density at radius 3 is 2.59 bits per heavy atom. The first-order chi connectivity index (χ1) is 26.5. The number of nitrogens with two attached hydrogens (primary N) is 2. The van der Waals surface area contributed by atoms with Crippen LogP contribution in [0, 0.1) is 0 Å². The maximum absolute atomic E-state index is 13.6. The highest BCUT2D eigenvalue weighted by Crippen LogP contribution is 2.50. The molecule has 3 aromatic rings. The van der Waals surface area contributed by atoms with Gasteiger partial charge in [-0.3, -0.25) is 27.5 Å². The van der Waals surface area contributed by atoms with Gasteiger partial charge in [0.2, 0.25) is 5.91 Å². The van der Waals surface area contributed by atoms with Crippen LogP contribution in [0.3, 0.4) is 0 Å². The Bertz CT molecular complexity index is 2040. The van der Waals surface area contributed by atoms with Crippen LogP contribution in [0.15, 0.2) is 42.4 Å². The molecule has 1 amide bonds. The van der Waals surface area contributed by atoms with E-state index in [1.165, 1.54) is 50.8 Å². The molecule has 0 aromatic carbocycles. The SMILES string of the molecule is C=CCCC(=O)N[C@@H](CSSC)C(=O)O[C@H]1[C@@H](O)[C@H](n2cnc3c(N)ncnc32)O[C@@H]1COP(=O)(O)O[C@H]1C[C@H](n2ccc(N)nc2=O)O[C@@H]1COP(=O)(O)O. The number of hydrogen-bond acceptors (Lipinski definition) is 20. The molecule has 3 aromatic heterocycles. The third-order valence-electron chi connectivity index (χ3n) is 8.19. The van der Waals surface area contributed by atoms with Crippen molar-refractivity contribution in [1.29, 1.82) is 0 Å². The lowest BCUT2D eigenvalue weighted by Gasteiger charge is -2.25. The highest BCUT2D eigenvalue weighted by Gasteiger charge is 2.50. The minimum Gasteiger partial charge on any atom is -0.455 e. The topological polar surface area (TPSA) is 347 Å². The van der Waals surface area contributed by atoms with Gasteiger partial charge in [0.1, 0.15) is 54.3 Å². The molecule has 28 heteroatoms. The number of nitrogens with zero attached hydrogens (tertiary/aromatic N) is 6. The number of aliphatic hydroxyl groups excluding tert-OH is 1. The molecule has 308 valence electrons. The van der Waals surface area contributed by atoms with Crippen LogP contribution in [-0.4, -0.2) is 123 Å². The number of anilines is 2. The molecule has 24 nitrogen and oxygen atoms in total. The lowest BCUT2D eigenvalue weighted by molar-refractivity contribution is -0.159. The fraction of sp³-hybridized carbons (Fsp3) is 0.536. The molecule has 0 bridgehead atoms. The van der Waals surface area contributed by atoms with Crippen molar-refractivity contribution in [3.05, 3.63) is 48.1 Å². The molecule has 5 heterocycles. The molecule has 0 radical (unpaired) electrons. The molecular weight excluding hydrogens is 828 g/mol. The normalized spacial score (nSPS) is 25.5. The summed E-state index contributed by atoms with van der Waals surface area (Å²) in [5, 5.41) is 14.1. The average Bonchev–Trinajstić information content (AvgIpc) is 3.82. The van der Waals surface area contributed by atoms with Gasteiger partial charge in [0.15, 0.2) is 23.8 Å². The largest absolute Gasteiger partial charge is 0.472 e. The molecule has 2 saturated heterocycles. The average molecular weight is 868 g/mol. The number of amides is 1. The van der Waals surface area contributed by atoms with Gasteiger partial charge >= 0.3 is 27.3 Å². The van der Waals surface area contributed by atoms with Crippen molar-refractivity contribution in [2.45, 2.75) is 68.3 Å². The number of phosphoric acid groups is 2. The number of aliphatic hydroxyl groups is 1. The quantitative estimate of drug-likeness (QED) is 0.0354. The number of fused-ring (bicyclic) bond motifs is 1. The van der Waals surface area contributed by atoms with Crippen LogP contribution in [0.4, 0.5) is 11.6 Å². The second kappa shape index (κ2) is 18.8. The van der Waals surface area contributed by atoms with Gasteiger partial charge in [-0.25, -0.2) is 33.7 Å². The molecule has 56 heavy (non-hydrogen) atoms. The van der Waals surface area contributed by atoms with Gasteiger partial charge in [-0.15, -0.1) is 6.58 Å². The molecule has 0 saturated carbocycles. The monoisotopic (exact) mass is 867 g/mol. The number of nitrogen functional groups attached to an aromatic ring is 2. The van der Waals surface area contributed by atoms with E-state index in [9.17, 15) is 43.3 Å². The maximum Gasteiger partial charge on any atom is 0.472 e. The molecule has 5 rings (SSSR count). The predicted molar refractivity (Wildman–Crippen MR) is 197 cm³/mol. The number of aromatic nitrogens is 6. The van der Waals surface area contributed by atoms with Crippen LogP contribution in [0.25, 0.3) is 11.2 Å². The number of phosphoric ester groups is 2. The number of allylic oxidation sites excluding steroid dienone is 1. The Hall–Kier alpha value is -3.49. The summed E-state index contributed by atoms with van der Waals surface area (Å²) in [5.41, 5.74) is 10.9. The molecule has 2 aliphatic rings. The van der Waals surface area contributed by atoms with Crippen molar-refractivity contribution in [2.75, 3.05) is 36.7 Å². The van der Waals surface area contributed by atoms with Gasteiger partial charge in [0.05, 0.1) is 19.5 Å². The number of imidazole rings is 1. The second-order valence-corrected chi connectivity index (χ2v) is 17.3. The summed E-state index contributed by atoms with van der Waals surface area (Å²) in [4.78, 5) is 83.7. The summed E-state index contributed by atoms with van der Waals surface area (Å²) < 4.78 is 59.7. The number of hydrogen-bond donors (Lipinski definition) is 7. The highest BCUT2D eigenvalue weighted by atomic mass is 33.1.